The molecule has 294 valence electrons. The molecule has 1 unspecified atom stereocenters. The van der Waals surface area contributed by atoms with Crippen molar-refractivity contribution in [2.45, 2.75) is 193 Å². The Labute approximate surface area is 308 Å². The number of phosphoric acid groups is 1. The second kappa shape index (κ2) is 38.8. The van der Waals surface area contributed by atoms with Gasteiger partial charge in [0.1, 0.15) is 6.61 Å². The lowest BCUT2D eigenvalue weighted by Crippen LogP contribution is -2.27. The summed E-state index contributed by atoms with van der Waals surface area (Å²) in [6.45, 7) is 4.21. The van der Waals surface area contributed by atoms with Crippen LogP contribution in [-0.4, -0.2) is 43.3 Å². The van der Waals surface area contributed by atoms with Crippen molar-refractivity contribution in [3.63, 3.8) is 0 Å². The van der Waals surface area contributed by atoms with Crippen molar-refractivity contribution in [2.24, 2.45) is 5.73 Å². The maximum atomic E-state index is 12.5. The van der Waals surface area contributed by atoms with E-state index in [0.717, 1.165) is 38.5 Å². The quantitative estimate of drug-likeness (QED) is 0.0211. The first-order valence-electron chi connectivity index (χ1n) is 20.5. The maximum absolute atomic E-state index is 12.5. The van der Waals surface area contributed by atoms with Crippen LogP contribution in [-0.2, 0) is 27.9 Å². The standard InChI is InChI=1S/C41H78NO7P/c1-3-5-7-9-11-13-15-17-19-21-23-25-27-29-31-33-36-46-38-40(39-48-50(44,45)47-37-35-42)49-41(43)34-32-30-28-26-24-22-20-18-16-14-12-10-8-6-4-2/h14,16-17,19,33,36,40H,3-13,15,18,20-32,34-35,37-39,42H2,1-2H3,(H,44,45)/b16-14-,19-17-,36-33-/t40-/m1/s1. The van der Waals surface area contributed by atoms with Crippen molar-refractivity contribution in [1.29, 1.82) is 0 Å². The van der Waals surface area contributed by atoms with Crippen molar-refractivity contribution in [2.75, 3.05) is 26.4 Å². The molecule has 0 bridgehead atoms. The molecule has 0 rings (SSSR count). The van der Waals surface area contributed by atoms with Crippen molar-refractivity contribution in [1.82, 2.24) is 0 Å². The molecule has 8 nitrogen and oxygen atoms in total. The first-order chi connectivity index (χ1) is 24.4. The molecule has 0 fully saturated rings. The normalized spacial score (nSPS) is 13.8. The van der Waals surface area contributed by atoms with Gasteiger partial charge in [-0.05, 0) is 76.7 Å². The minimum atomic E-state index is -4.29. The number of hydrogen-bond donors (Lipinski definition) is 2. The summed E-state index contributed by atoms with van der Waals surface area (Å²) in [6.07, 6.45) is 43.9. The molecule has 0 saturated carbocycles. The summed E-state index contributed by atoms with van der Waals surface area (Å²) in [6, 6.07) is 0. The van der Waals surface area contributed by atoms with Gasteiger partial charge in [0.25, 0.3) is 0 Å². The number of phosphoric ester groups is 1. The van der Waals surface area contributed by atoms with E-state index < -0.39 is 13.9 Å². The number of esters is 1. The van der Waals surface area contributed by atoms with E-state index in [0.29, 0.717) is 6.42 Å². The van der Waals surface area contributed by atoms with Crippen LogP contribution in [0.4, 0.5) is 0 Å². The number of carbonyl (C=O) groups is 1. The Morgan fingerprint density at radius 2 is 1.02 bits per heavy atom. The molecule has 0 aliphatic rings. The van der Waals surface area contributed by atoms with Crippen LogP contribution in [0.15, 0.2) is 36.6 Å². The summed E-state index contributed by atoms with van der Waals surface area (Å²) < 4.78 is 33.1. The predicted octanol–water partition coefficient (Wildman–Crippen LogP) is 12.2. The maximum Gasteiger partial charge on any atom is 0.472 e. The molecule has 0 amide bonds. The average molecular weight is 728 g/mol. The van der Waals surface area contributed by atoms with Crippen molar-refractivity contribution in [3.05, 3.63) is 36.6 Å². The van der Waals surface area contributed by atoms with Crippen LogP contribution in [0.5, 0.6) is 0 Å². The molecule has 9 heteroatoms. The van der Waals surface area contributed by atoms with Gasteiger partial charge in [-0.3, -0.25) is 13.8 Å². The van der Waals surface area contributed by atoms with Crippen LogP contribution >= 0.6 is 7.82 Å². The van der Waals surface area contributed by atoms with E-state index in [4.69, 9.17) is 24.3 Å². The molecular formula is C41H78NO7P. The van der Waals surface area contributed by atoms with E-state index in [-0.39, 0.29) is 32.3 Å². The summed E-state index contributed by atoms with van der Waals surface area (Å²) in [7, 11) is -4.29. The average Bonchev–Trinajstić information content (AvgIpc) is 3.10. The number of ether oxygens (including phenoxy) is 2. The number of allylic oxidation sites excluding steroid dienone is 5. The van der Waals surface area contributed by atoms with Gasteiger partial charge in [0, 0.05) is 13.0 Å². The fourth-order valence-corrected chi connectivity index (χ4v) is 6.30. The predicted molar refractivity (Wildman–Crippen MR) is 210 cm³/mol. The Morgan fingerprint density at radius 1 is 0.600 bits per heavy atom. The molecular weight excluding hydrogens is 649 g/mol. The Hall–Kier alpha value is -1.44. The van der Waals surface area contributed by atoms with E-state index in [1.165, 1.54) is 128 Å². The van der Waals surface area contributed by atoms with Crippen LogP contribution < -0.4 is 5.73 Å². The molecule has 50 heavy (non-hydrogen) atoms. The van der Waals surface area contributed by atoms with Gasteiger partial charge in [0.15, 0.2) is 6.10 Å². The van der Waals surface area contributed by atoms with Crippen molar-refractivity contribution >= 4 is 13.8 Å². The summed E-state index contributed by atoms with van der Waals surface area (Å²) in [5.41, 5.74) is 5.35. The third-order valence-electron chi connectivity index (χ3n) is 8.59. The molecule has 3 N–H and O–H groups in total. The zero-order valence-electron chi connectivity index (χ0n) is 32.4. The molecule has 0 saturated heterocycles. The fraction of sp³-hybridized carbons (Fsp3) is 0.829. The van der Waals surface area contributed by atoms with E-state index in [1.807, 2.05) is 6.08 Å². The SMILES string of the molecule is CCCCCC/C=C\CCCCCCCCCC(=O)O[C@H](CO/C=C\CCCCCC/C=C\CCCCCCCC)COP(=O)(O)OCCN. The molecule has 0 spiro atoms. The van der Waals surface area contributed by atoms with Gasteiger partial charge in [-0.15, -0.1) is 0 Å². The molecule has 0 aliphatic heterocycles. The van der Waals surface area contributed by atoms with E-state index in [9.17, 15) is 14.3 Å². The van der Waals surface area contributed by atoms with Gasteiger partial charge >= 0.3 is 13.8 Å². The Morgan fingerprint density at radius 3 is 1.50 bits per heavy atom. The van der Waals surface area contributed by atoms with Gasteiger partial charge < -0.3 is 20.1 Å². The Kier molecular flexibility index (Phi) is 37.7. The Balaban J connectivity index is 4.13. The van der Waals surface area contributed by atoms with Gasteiger partial charge in [-0.2, -0.15) is 0 Å². The topological polar surface area (TPSA) is 117 Å². The van der Waals surface area contributed by atoms with E-state index in [2.05, 4.69) is 38.2 Å². The third-order valence-corrected chi connectivity index (χ3v) is 9.58. The smallest absolute Gasteiger partial charge is 0.472 e. The summed E-state index contributed by atoms with van der Waals surface area (Å²) >= 11 is 0. The van der Waals surface area contributed by atoms with Crippen LogP contribution in [0.2, 0.25) is 0 Å². The highest BCUT2D eigenvalue weighted by atomic mass is 31.2. The van der Waals surface area contributed by atoms with Crippen molar-refractivity contribution < 1.29 is 32.8 Å². The van der Waals surface area contributed by atoms with Crippen LogP contribution in [0.1, 0.15) is 187 Å². The highest BCUT2D eigenvalue weighted by Crippen LogP contribution is 2.43. The highest BCUT2D eigenvalue weighted by Gasteiger charge is 2.25. The molecule has 0 aliphatic carbocycles. The molecule has 2 atom stereocenters. The lowest BCUT2D eigenvalue weighted by molar-refractivity contribution is -0.153. The van der Waals surface area contributed by atoms with Gasteiger partial charge in [-0.25, -0.2) is 4.57 Å². The Bertz CT molecular complexity index is 864. The molecule has 0 aromatic heterocycles. The molecule has 0 aromatic rings. The lowest BCUT2D eigenvalue weighted by atomic mass is 10.1. The largest absolute Gasteiger partial charge is 0.498 e. The highest BCUT2D eigenvalue weighted by molar-refractivity contribution is 7.47. The van der Waals surface area contributed by atoms with Gasteiger partial charge in [0.2, 0.25) is 0 Å². The molecule has 0 heterocycles. The summed E-state index contributed by atoms with van der Waals surface area (Å²) in [4.78, 5) is 22.4. The third kappa shape index (κ3) is 37.8. The number of carbonyl (C=O) groups excluding carboxylic acids is 1. The lowest BCUT2D eigenvalue weighted by Gasteiger charge is -2.19. The molecule has 0 radical (unpaired) electrons. The number of hydrogen-bond acceptors (Lipinski definition) is 7. The number of unbranched alkanes of at least 4 members (excludes halogenated alkanes) is 22. The van der Waals surface area contributed by atoms with E-state index >= 15 is 0 Å². The monoisotopic (exact) mass is 728 g/mol. The second-order valence-electron chi connectivity index (χ2n) is 13.6. The van der Waals surface area contributed by atoms with Crippen LogP contribution in [0, 0.1) is 0 Å². The first-order valence-corrected chi connectivity index (χ1v) is 22.0. The number of rotatable bonds is 39. The van der Waals surface area contributed by atoms with Crippen LogP contribution in [0.3, 0.4) is 0 Å². The summed E-state index contributed by atoms with van der Waals surface area (Å²) in [5, 5.41) is 0. The minimum Gasteiger partial charge on any atom is -0.498 e. The summed E-state index contributed by atoms with van der Waals surface area (Å²) in [5.74, 6) is -0.361. The van der Waals surface area contributed by atoms with E-state index in [1.54, 1.807) is 6.26 Å². The fourth-order valence-electron chi connectivity index (χ4n) is 5.54. The zero-order valence-corrected chi connectivity index (χ0v) is 33.3. The molecule has 0 aromatic carbocycles. The minimum absolute atomic E-state index is 0.0260. The van der Waals surface area contributed by atoms with Gasteiger partial charge in [-0.1, -0.05) is 134 Å². The number of nitrogens with two attached hydrogens (primary N) is 1. The second-order valence-corrected chi connectivity index (χ2v) is 15.0. The zero-order chi connectivity index (χ0) is 36.6. The van der Waals surface area contributed by atoms with Crippen LogP contribution in [0.25, 0.3) is 0 Å². The first kappa shape index (κ1) is 48.6. The van der Waals surface area contributed by atoms with Crippen molar-refractivity contribution in [3.8, 4) is 0 Å². The van der Waals surface area contributed by atoms with Gasteiger partial charge in [0.05, 0.1) is 19.5 Å².